The van der Waals surface area contributed by atoms with E-state index in [0.717, 1.165) is 11.3 Å². The number of hydrogen-bond donors (Lipinski definition) is 1. The molecule has 82 valence electrons. The van der Waals surface area contributed by atoms with Gasteiger partial charge in [-0.2, -0.15) is 5.10 Å². The molecular formula is C11H9Cl2N3. The first-order valence-electron chi connectivity index (χ1n) is 4.67. The van der Waals surface area contributed by atoms with Gasteiger partial charge in [0.15, 0.2) is 5.15 Å². The lowest BCUT2D eigenvalue weighted by Crippen LogP contribution is -1.98. The first-order chi connectivity index (χ1) is 7.65. The fourth-order valence-corrected chi connectivity index (χ4v) is 1.68. The Balaban J connectivity index is 2.24. The third-order valence-corrected chi connectivity index (χ3v) is 2.63. The van der Waals surface area contributed by atoms with Gasteiger partial charge in [0.1, 0.15) is 0 Å². The lowest BCUT2D eigenvalue weighted by Gasteiger charge is -2.02. The Morgan fingerprint density at radius 1 is 1.12 bits per heavy atom. The summed E-state index contributed by atoms with van der Waals surface area (Å²) in [6.07, 6.45) is 0.634. The van der Waals surface area contributed by atoms with Crippen molar-refractivity contribution in [2.24, 2.45) is 0 Å². The Bertz CT molecular complexity index is 514. The van der Waals surface area contributed by atoms with Crippen LogP contribution in [0.15, 0.2) is 30.3 Å². The number of benzene rings is 1. The molecule has 3 nitrogen and oxygen atoms in total. The topological polar surface area (TPSA) is 51.8 Å². The van der Waals surface area contributed by atoms with Crippen molar-refractivity contribution >= 4 is 28.9 Å². The van der Waals surface area contributed by atoms with E-state index in [-0.39, 0.29) is 5.15 Å². The van der Waals surface area contributed by atoms with Gasteiger partial charge in [-0.1, -0.05) is 35.3 Å². The minimum absolute atomic E-state index is 0.231. The fraction of sp³-hybridized carbons (Fsp3) is 0.0909. The van der Waals surface area contributed by atoms with Gasteiger partial charge in [0.05, 0.1) is 11.4 Å². The highest BCUT2D eigenvalue weighted by molar-refractivity contribution is 6.31. The summed E-state index contributed by atoms with van der Waals surface area (Å²) in [6.45, 7) is 0. The molecule has 0 bridgehead atoms. The SMILES string of the molecule is Nc1cc(Cc2cccc(Cl)c2)nnc1Cl. The van der Waals surface area contributed by atoms with Gasteiger partial charge < -0.3 is 5.73 Å². The molecule has 0 aliphatic carbocycles. The van der Waals surface area contributed by atoms with E-state index in [1.54, 1.807) is 6.07 Å². The highest BCUT2D eigenvalue weighted by Crippen LogP contribution is 2.17. The molecule has 0 spiro atoms. The van der Waals surface area contributed by atoms with Crippen molar-refractivity contribution in [1.29, 1.82) is 0 Å². The molecule has 0 aliphatic rings. The third kappa shape index (κ3) is 2.62. The van der Waals surface area contributed by atoms with Gasteiger partial charge in [-0.05, 0) is 23.8 Å². The van der Waals surface area contributed by atoms with Gasteiger partial charge in [-0.3, -0.25) is 0 Å². The molecule has 0 fully saturated rings. The van der Waals surface area contributed by atoms with Gasteiger partial charge in [0.2, 0.25) is 0 Å². The zero-order valence-corrected chi connectivity index (χ0v) is 9.83. The van der Waals surface area contributed by atoms with Crippen LogP contribution in [0.4, 0.5) is 5.69 Å². The maximum absolute atomic E-state index is 5.89. The molecule has 0 unspecified atom stereocenters. The smallest absolute Gasteiger partial charge is 0.174 e. The Labute approximate surface area is 103 Å². The van der Waals surface area contributed by atoms with E-state index in [2.05, 4.69) is 10.2 Å². The number of nitrogens with zero attached hydrogens (tertiary/aromatic N) is 2. The Hall–Kier alpha value is -1.32. The zero-order valence-electron chi connectivity index (χ0n) is 8.32. The van der Waals surface area contributed by atoms with E-state index < -0.39 is 0 Å². The average molecular weight is 254 g/mol. The molecule has 2 aromatic rings. The van der Waals surface area contributed by atoms with Crippen molar-refractivity contribution in [1.82, 2.24) is 10.2 Å². The monoisotopic (exact) mass is 253 g/mol. The largest absolute Gasteiger partial charge is 0.396 e. The fourth-order valence-electron chi connectivity index (χ4n) is 1.38. The summed E-state index contributed by atoms with van der Waals surface area (Å²) in [6, 6.07) is 9.29. The Morgan fingerprint density at radius 2 is 1.94 bits per heavy atom. The van der Waals surface area contributed by atoms with E-state index in [4.69, 9.17) is 28.9 Å². The van der Waals surface area contributed by atoms with E-state index in [9.17, 15) is 0 Å². The van der Waals surface area contributed by atoms with E-state index in [0.29, 0.717) is 17.1 Å². The molecule has 0 atom stereocenters. The van der Waals surface area contributed by atoms with Crippen LogP contribution in [0.3, 0.4) is 0 Å². The van der Waals surface area contributed by atoms with E-state index >= 15 is 0 Å². The molecule has 2 N–H and O–H groups in total. The van der Waals surface area contributed by atoms with Crippen LogP contribution in [0, 0.1) is 0 Å². The van der Waals surface area contributed by atoms with Crippen molar-refractivity contribution in [3.63, 3.8) is 0 Å². The lowest BCUT2D eigenvalue weighted by molar-refractivity contribution is 0.940. The van der Waals surface area contributed by atoms with Gasteiger partial charge in [-0.25, -0.2) is 0 Å². The number of anilines is 1. The minimum atomic E-state index is 0.231. The summed E-state index contributed by atoms with van der Waals surface area (Å²) in [5, 5.41) is 8.65. The van der Waals surface area contributed by atoms with Crippen molar-refractivity contribution in [2.75, 3.05) is 5.73 Å². The summed E-state index contributed by atoms with van der Waals surface area (Å²) in [5.74, 6) is 0. The molecule has 0 saturated heterocycles. The van der Waals surface area contributed by atoms with E-state index in [1.165, 1.54) is 0 Å². The van der Waals surface area contributed by atoms with E-state index in [1.807, 2.05) is 24.3 Å². The summed E-state index contributed by atoms with van der Waals surface area (Å²) in [5.41, 5.74) is 7.91. The first kappa shape index (κ1) is 11.2. The predicted molar refractivity (Wildman–Crippen MR) is 65.7 cm³/mol. The molecule has 0 radical (unpaired) electrons. The molecule has 1 aromatic carbocycles. The second kappa shape index (κ2) is 4.68. The number of halogens is 2. The molecular weight excluding hydrogens is 245 g/mol. The highest BCUT2D eigenvalue weighted by Gasteiger charge is 2.03. The van der Waals surface area contributed by atoms with Crippen LogP contribution in [-0.2, 0) is 6.42 Å². The Morgan fingerprint density at radius 3 is 2.62 bits per heavy atom. The average Bonchev–Trinajstić information content (AvgIpc) is 2.24. The normalized spacial score (nSPS) is 10.4. The van der Waals surface area contributed by atoms with Crippen LogP contribution >= 0.6 is 23.2 Å². The summed E-state index contributed by atoms with van der Waals surface area (Å²) in [4.78, 5) is 0. The summed E-state index contributed by atoms with van der Waals surface area (Å²) in [7, 11) is 0. The molecule has 1 aromatic heterocycles. The third-order valence-electron chi connectivity index (χ3n) is 2.10. The summed E-state index contributed by atoms with van der Waals surface area (Å²) < 4.78 is 0. The Kier molecular flexibility index (Phi) is 3.27. The lowest BCUT2D eigenvalue weighted by atomic mass is 10.1. The molecule has 0 amide bonds. The zero-order chi connectivity index (χ0) is 11.5. The van der Waals surface area contributed by atoms with Crippen molar-refractivity contribution in [2.45, 2.75) is 6.42 Å². The van der Waals surface area contributed by atoms with Gasteiger partial charge in [-0.15, -0.1) is 5.10 Å². The maximum Gasteiger partial charge on any atom is 0.174 e. The second-order valence-corrected chi connectivity index (χ2v) is 4.18. The highest BCUT2D eigenvalue weighted by atomic mass is 35.5. The molecule has 0 saturated carbocycles. The molecule has 5 heteroatoms. The van der Waals surface area contributed by atoms with Crippen molar-refractivity contribution in [3.8, 4) is 0 Å². The molecule has 2 rings (SSSR count). The molecule has 16 heavy (non-hydrogen) atoms. The van der Waals surface area contributed by atoms with Crippen molar-refractivity contribution < 1.29 is 0 Å². The van der Waals surface area contributed by atoms with Crippen LogP contribution in [-0.4, -0.2) is 10.2 Å². The predicted octanol–water partition coefficient (Wildman–Crippen LogP) is 2.96. The van der Waals surface area contributed by atoms with Crippen LogP contribution in [0.1, 0.15) is 11.3 Å². The maximum atomic E-state index is 5.89. The minimum Gasteiger partial charge on any atom is -0.396 e. The first-order valence-corrected chi connectivity index (χ1v) is 5.43. The van der Waals surface area contributed by atoms with Crippen LogP contribution in [0.2, 0.25) is 10.2 Å². The number of hydrogen-bond acceptors (Lipinski definition) is 3. The van der Waals surface area contributed by atoms with Gasteiger partial charge >= 0.3 is 0 Å². The van der Waals surface area contributed by atoms with Crippen LogP contribution < -0.4 is 5.73 Å². The van der Waals surface area contributed by atoms with Crippen LogP contribution in [0.5, 0.6) is 0 Å². The number of aromatic nitrogens is 2. The number of nitrogen functional groups attached to an aromatic ring is 1. The summed E-state index contributed by atoms with van der Waals surface area (Å²) >= 11 is 11.6. The second-order valence-electron chi connectivity index (χ2n) is 3.39. The van der Waals surface area contributed by atoms with Gasteiger partial charge in [0, 0.05) is 11.4 Å². The standard InChI is InChI=1S/C11H9Cl2N3/c12-8-3-1-2-7(4-8)5-9-6-10(14)11(13)16-15-9/h1-4,6H,5H2,(H2,14,15). The van der Waals surface area contributed by atoms with Crippen LogP contribution in [0.25, 0.3) is 0 Å². The quantitative estimate of drug-likeness (QED) is 0.896. The number of nitrogens with two attached hydrogens (primary N) is 1. The molecule has 1 heterocycles. The van der Waals surface area contributed by atoms with Gasteiger partial charge in [0.25, 0.3) is 0 Å². The van der Waals surface area contributed by atoms with Crippen molar-refractivity contribution in [3.05, 3.63) is 51.8 Å². The molecule has 0 aliphatic heterocycles. The number of rotatable bonds is 2.